The van der Waals surface area contributed by atoms with Gasteiger partial charge in [-0.1, -0.05) is 29.8 Å². The summed E-state index contributed by atoms with van der Waals surface area (Å²) in [6.07, 6.45) is 0. The summed E-state index contributed by atoms with van der Waals surface area (Å²) in [6, 6.07) is 14.8. The first-order chi connectivity index (χ1) is 10.4. The molecule has 4 nitrogen and oxygen atoms in total. The number of para-hydroxylation sites is 2. The largest absolute Gasteiger partial charge is 0.377 e. The van der Waals surface area contributed by atoms with E-state index in [-0.39, 0.29) is 11.6 Å². The molecule has 0 spiro atoms. The van der Waals surface area contributed by atoms with Crippen LogP contribution in [0, 0.1) is 0 Å². The van der Waals surface area contributed by atoms with Gasteiger partial charge in [0.05, 0.1) is 17.9 Å². The molecule has 2 N–H and O–H groups in total. The Morgan fingerprint density at radius 1 is 1.23 bits per heavy atom. The molecule has 2 aromatic rings. The Labute approximate surface area is 135 Å². The zero-order chi connectivity index (χ0) is 15.7. The summed E-state index contributed by atoms with van der Waals surface area (Å²) >= 11 is 5.97. The average Bonchev–Trinajstić information content (AvgIpc) is 2.45. The van der Waals surface area contributed by atoms with Crippen molar-refractivity contribution in [1.82, 2.24) is 0 Å². The van der Waals surface area contributed by atoms with Gasteiger partial charge < -0.3 is 10.6 Å². The highest BCUT2D eigenvalue weighted by atomic mass is 35.5. The number of anilines is 3. The summed E-state index contributed by atoms with van der Waals surface area (Å²) in [6.45, 7) is 4.72. The molecule has 3 rings (SSSR count). The molecule has 2 aromatic carbocycles. The average molecular weight is 316 g/mol. The second-order valence-electron chi connectivity index (χ2n) is 6.05. The van der Waals surface area contributed by atoms with E-state index in [9.17, 15) is 4.79 Å². The molecule has 114 valence electrons. The normalized spacial score (nSPS) is 15.7. The summed E-state index contributed by atoms with van der Waals surface area (Å²) in [7, 11) is 0. The van der Waals surface area contributed by atoms with Crippen LogP contribution in [0.15, 0.2) is 48.5 Å². The number of nitrogens with zero attached hydrogens (tertiary/aromatic N) is 1. The maximum atomic E-state index is 12.7. The van der Waals surface area contributed by atoms with Gasteiger partial charge in [0.1, 0.15) is 0 Å². The monoisotopic (exact) mass is 315 g/mol. The molecule has 0 radical (unpaired) electrons. The first kappa shape index (κ1) is 14.7. The number of fused-ring (bicyclic) bond motifs is 1. The number of carbonyl (C=O) groups is 1. The van der Waals surface area contributed by atoms with Crippen LogP contribution >= 0.6 is 11.6 Å². The highest BCUT2D eigenvalue weighted by Crippen LogP contribution is 2.34. The van der Waals surface area contributed by atoms with Crippen LogP contribution in [-0.2, 0) is 0 Å². The summed E-state index contributed by atoms with van der Waals surface area (Å²) in [4.78, 5) is 14.4. The Hall–Kier alpha value is -2.20. The van der Waals surface area contributed by atoms with Crippen molar-refractivity contribution in [1.29, 1.82) is 0 Å². The molecule has 1 aliphatic rings. The number of carbonyl (C=O) groups excluding carboxylic acids is 1. The Morgan fingerprint density at radius 2 is 2.00 bits per heavy atom. The third kappa shape index (κ3) is 3.02. The van der Waals surface area contributed by atoms with Gasteiger partial charge in [0.25, 0.3) is 0 Å². The lowest BCUT2D eigenvalue weighted by atomic mass is 9.99. The Bertz CT molecular complexity index is 715. The van der Waals surface area contributed by atoms with Crippen LogP contribution in [-0.4, -0.2) is 18.1 Å². The van der Waals surface area contributed by atoms with Gasteiger partial charge in [-0.25, -0.2) is 4.79 Å². The van der Waals surface area contributed by atoms with Gasteiger partial charge in [-0.15, -0.1) is 0 Å². The quantitative estimate of drug-likeness (QED) is 0.809. The van der Waals surface area contributed by atoms with Crippen LogP contribution < -0.4 is 15.5 Å². The Balaban J connectivity index is 1.88. The minimum absolute atomic E-state index is 0.163. The molecule has 0 atom stereocenters. The molecule has 0 unspecified atom stereocenters. The van der Waals surface area contributed by atoms with Crippen molar-refractivity contribution in [2.45, 2.75) is 19.4 Å². The Kier molecular flexibility index (Phi) is 3.71. The number of halogens is 1. The van der Waals surface area contributed by atoms with Crippen molar-refractivity contribution < 1.29 is 4.79 Å². The molecule has 2 amide bonds. The zero-order valence-electron chi connectivity index (χ0n) is 12.6. The second kappa shape index (κ2) is 5.54. The molecule has 22 heavy (non-hydrogen) atoms. The first-order valence-electron chi connectivity index (χ1n) is 7.16. The van der Waals surface area contributed by atoms with Crippen molar-refractivity contribution in [3.05, 3.63) is 53.6 Å². The van der Waals surface area contributed by atoms with E-state index >= 15 is 0 Å². The summed E-state index contributed by atoms with van der Waals surface area (Å²) < 4.78 is 0. The molecular weight excluding hydrogens is 298 g/mol. The molecule has 0 saturated carbocycles. The van der Waals surface area contributed by atoms with E-state index in [0.717, 1.165) is 11.4 Å². The first-order valence-corrected chi connectivity index (χ1v) is 7.54. The van der Waals surface area contributed by atoms with Crippen LogP contribution in [0.2, 0.25) is 5.02 Å². The maximum absolute atomic E-state index is 12.7. The molecule has 0 aromatic heterocycles. The lowest BCUT2D eigenvalue weighted by molar-refractivity contribution is 0.255. The smallest absolute Gasteiger partial charge is 0.326 e. The van der Waals surface area contributed by atoms with E-state index in [0.29, 0.717) is 17.3 Å². The lowest BCUT2D eigenvalue weighted by Gasteiger charge is -2.40. The lowest BCUT2D eigenvalue weighted by Crippen LogP contribution is -2.51. The number of amides is 2. The topological polar surface area (TPSA) is 44.4 Å². The predicted molar refractivity (Wildman–Crippen MR) is 92.0 cm³/mol. The van der Waals surface area contributed by atoms with Gasteiger partial charge >= 0.3 is 6.03 Å². The molecule has 1 aliphatic heterocycles. The summed E-state index contributed by atoms with van der Waals surface area (Å²) in [5, 5.41) is 6.95. The fraction of sp³-hybridized carbons (Fsp3) is 0.235. The van der Waals surface area contributed by atoms with Gasteiger partial charge in [0.2, 0.25) is 0 Å². The van der Waals surface area contributed by atoms with E-state index in [2.05, 4.69) is 24.5 Å². The molecule has 1 heterocycles. The molecule has 0 bridgehead atoms. The van der Waals surface area contributed by atoms with Crippen molar-refractivity contribution in [2.24, 2.45) is 0 Å². The maximum Gasteiger partial charge on any atom is 0.326 e. The van der Waals surface area contributed by atoms with E-state index in [1.54, 1.807) is 17.0 Å². The van der Waals surface area contributed by atoms with Crippen molar-refractivity contribution in [2.75, 3.05) is 22.1 Å². The van der Waals surface area contributed by atoms with E-state index in [4.69, 9.17) is 11.6 Å². The molecule has 0 aliphatic carbocycles. The predicted octanol–water partition coefficient (Wildman–Crippen LogP) is 4.58. The number of rotatable bonds is 1. The van der Waals surface area contributed by atoms with Crippen LogP contribution in [0.5, 0.6) is 0 Å². The van der Waals surface area contributed by atoms with Crippen molar-refractivity contribution >= 4 is 34.7 Å². The Morgan fingerprint density at radius 3 is 2.77 bits per heavy atom. The van der Waals surface area contributed by atoms with E-state index in [1.807, 2.05) is 36.4 Å². The third-order valence-electron chi connectivity index (χ3n) is 3.54. The van der Waals surface area contributed by atoms with Gasteiger partial charge in [0, 0.05) is 16.2 Å². The van der Waals surface area contributed by atoms with E-state index in [1.165, 1.54) is 0 Å². The summed E-state index contributed by atoms with van der Waals surface area (Å²) in [5.74, 6) is 0. The van der Waals surface area contributed by atoms with Crippen molar-refractivity contribution in [3.8, 4) is 0 Å². The summed E-state index contributed by atoms with van der Waals surface area (Å²) in [5.41, 5.74) is 2.33. The second-order valence-corrected chi connectivity index (χ2v) is 6.49. The minimum Gasteiger partial charge on any atom is -0.377 e. The minimum atomic E-state index is -0.194. The van der Waals surface area contributed by atoms with Gasteiger partial charge in [0.15, 0.2) is 0 Å². The molecule has 0 fully saturated rings. The fourth-order valence-corrected chi connectivity index (χ4v) is 2.83. The standard InChI is InChI=1S/C17H18ClN3O/c1-17(2)11-21(15-9-4-3-8-14(15)20-17)16(22)19-13-7-5-6-12(18)10-13/h3-10,20H,11H2,1-2H3,(H,19,22). The highest BCUT2D eigenvalue weighted by molar-refractivity contribution is 6.30. The number of nitrogens with one attached hydrogen (secondary N) is 2. The number of hydrogen-bond donors (Lipinski definition) is 2. The SMILES string of the molecule is CC1(C)CN(C(=O)Nc2cccc(Cl)c2)c2ccccc2N1. The van der Waals surface area contributed by atoms with Crippen LogP contribution in [0.25, 0.3) is 0 Å². The number of urea groups is 1. The van der Waals surface area contributed by atoms with Gasteiger partial charge in [-0.05, 0) is 44.2 Å². The van der Waals surface area contributed by atoms with Crippen LogP contribution in [0.4, 0.5) is 21.9 Å². The van der Waals surface area contributed by atoms with Crippen LogP contribution in [0.3, 0.4) is 0 Å². The molecule has 5 heteroatoms. The van der Waals surface area contributed by atoms with Gasteiger partial charge in [-0.3, -0.25) is 4.90 Å². The number of hydrogen-bond acceptors (Lipinski definition) is 2. The molecular formula is C17H18ClN3O. The van der Waals surface area contributed by atoms with Gasteiger partial charge in [-0.2, -0.15) is 0 Å². The fourth-order valence-electron chi connectivity index (χ4n) is 2.64. The third-order valence-corrected chi connectivity index (χ3v) is 3.78. The molecule has 0 saturated heterocycles. The van der Waals surface area contributed by atoms with Crippen molar-refractivity contribution in [3.63, 3.8) is 0 Å². The highest BCUT2D eigenvalue weighted by Gasteiger charge is 2.32. The van der Waals surface area contributed by atoms with E-state index < -0.39 is 0 Å². The van der Waals surface area contributed by atoms with Crippen LogP contribution in [0.1, 0.15) is 13.8 Å². The zero-order valence-corrected chi connectivity index (χ0v) is 13.3. The number of benzene rings is 2.